The second-order valence-corrected chi connectivity index (χ2v) is 8.23. The second-order valence-electron chi connectivity index (χ2n) is 8.23. The third kappa shape index (κ3) is 3.97. The number of esters is 1. The minimum atomic E-state index is -0.817. The molecular weight excluding hydrogens is 344 g/mol. The molecule has 27 heavy (non-hydrogen) atoms. The minimum absolute atomic E-state index is 0.0469. The van der Waals surface area contributed by atoms with E-state index in [1.165, 1.54) is 11.1 Å². The maximum atomic E-state index is 11.9. The number of carboxylic acids is 1. The van der Waals surface area contributed by atoms with E-state index in [1.54, 1.807) is 14.0 Å². The topological polar surface area (TPSA) is 72.8 Å². The van der Waals surface area contributed by atoms with Crippen LogP contribution in [-0.4, -0.2) is 30.3 Å². The summed E-state index contributed by atoms with van der Waals surface area (Å²) in [6.45, 7) is 3.78. The van der Waals surface area contributed by atoms with Gasteiger partial charge in [-0.3, -0.25) is 9.59 Å². The largest absolute Gasteiger partial charge is 0.497 e. The van der Waals surface area contributed by atoms with E-state index in [4.69, 9.17) is 9.47 Å². The van der Waals surface area contributed by atoms with Crippen molar-refractivity contribution in [1.82, 2.24) is 0 Å². The number of carbonyl (C=O) groups is 2. The van der Waals surface area contributed by atoms with Crippen LogP contribution in [0.1, 0.15) is 57.1 Å². The number of hydrogen-bond donors (Lipinski definition) is 1. The van der Waals surface area contributed by atoms with Gasteiger partial charge in [0.1, 0.15) is 11.9 Å². The normalized spacial score (nSPS) is 29.8. The van der Waals surface area contributed by atoms with Crippen LogP contribution in [-0.2, 0) is 27.2 Å². The molecule has 5 nitrogen and oxygen atoms in total. The lowest BCUT2D eigenvalue weighted by Crippen LogP contribution is -2.41. The van der Waals surface area contributed by atoms with Gasteiger partial charge in [0.25, 0.3) is 0 Å². The summed E-state index contributed by atoms with van der Waals surface area (Å²) in [5.41, 5.74) is 2.15. The first-order valence-electron chi connectivity index (χ1n) is 9.94. The van der Waals surface area contributed by atoms with Gasteiger partial charge in [0.2, 0.25) is 0 Å². The zero-order valence-corrected chi connectivity index (χ0v) is 16.5. The van der Waals surface area contributed by atoms with Gasteiger partial charge >= 0.3 is 11.9 Å². The molecule has 1 aromatic rings. The Morgan fingerprint density at radius 3 is 2.67 bits per heavy atom. The monoisotopic (exact) mass is 374 g/mol. The van der Waals surface area contributed by atoms with E-state index in [2.05, 4.69) is 12.1 Å². The van der Waals surface area contributed by atoms with Crippen LogP contribution in [0.4, 0.5) is 0 Å². The van der Waals surface area contributed by atoms with E-state index in [-0.39, 0.29) is 24.4 Å². The predicted molar refractivity (Wildman–Crippen MR) is 102 cm³/mol. The highest BCUT2D eigenvalue weighted by molar-refractivity contribution is 5.70. The Kier molecular flexibility index (Phi) is 5.78. The Morgan fingerprint density at radius 2 is 2.00 bits per heavy atom. The van der Waals surface area contributed by atoms with E-state index < -0.39 is 11.4 Å². The van der Waals surface area contributed by atoms with Crippen molar-refractivity contribution in [3.8, 4) is 5.75 Å². The summed E-state index contributed by atoms with van der Waals surface area (Å²) < 4.78 is 11.0. The third-order valence-corrected chi connectivity index (χ3v) is 6.67. The van der Waals surface area contributed by atoms with Gasteiger partial charge in [-0.05, 0) is 67.2 Å². The molecule has 5 heteroatoms. The predicted octanol–water partition coefficient (Wildman–Crippen LogP) is 4.01. The van der Waals surface area contributed by atoms with Crippen LogP contribution in [0.3, 0.4) is 0 Å². The van der Waals surface area contributed by atoms with E-state index >= 15 is 0 Å². The highest BCUT2D eigenvalue weighted by atomic mass is 16.5. The number of carboxylic acid groups (broad SMARTS) is 1. The Bertz CT molecular complexity index is 713. The molecule has 0 radical (unpaired) electrons. The lowest BCUT2D eigenvalue weighted by Gasteiger charge is -2.41. The molecule has 0 aliphatic heterocycles. The van der Waals surface area contributed by atoms with Gasteiger partial charge < -0.3 is 14.6 Å². The molecule has 2 aliphatic rings. The summed E-state index contributed by atoms with van der Waals surface area (Å²) in [6, 6.07) is 6.25. The SMILES string of the molecule is CCC(=O)O[C@H]1CC[C@@H](C2CCc3cc(OC)ccc3C2)[C@]1(C)CC(=O)O. The Morgan fingerprint density at radius 1 is 1.22 bits per heavy atom. The molecule has 3 rings (SSSR count). The van der Waals surface area contributed by atoms with Gasteiger partial charge in [-0.25, -0.2) is 0 Å². The van der Waals surface area contributed by atoms with E-state index in [1.807, 2.05) is 13.0 Å². The van der Waals surface area contributed by atoms with Gasteiger partial charge in [-0.1, -0.05) is 19.9 Å². The molecule has 2 aliphatic carbocycles. The van der Waals surface area contributed by atoms with Gasteiger partial charge in [0.05, 0.1) is 13.5 Å². The van der Waals surface area contributed by atoms with Crippen molar-refractivity contribution in [2.75, 3.05) is 7.11 Å². The molecule has 4 atom stereocenters. The molecule has 1 unspecified atom stereocenters. The zero-order valence-electron chi connectivity index (χ0n) is 16.5. The fourth-order valence-corrected chi connectivity index (χ4v) is 5.24. The van der Waals surface area contributed by atoms with Crippen molar-refractivity contribution in [3.63, 3.8) is 0 Å². The number of rotatable bonds is 6. The number of aliphatic carboxylic acids is 1. The van der Waals surface area contributed by atoms with Gasteiger partial charge in [0, 0.05) is 11.8 Å². The van der Waals surface area contributed by atoms with Crippen molar-refractivity contribution < 1.29 is 24.2 Å². The molecule has 0 spiro atoms. The van der Waals surface area contributed by atoms with Crippen molar-refractivity contribution in [1.29, 1.82) is 0 Å². The van der Waals surface area contributed by atoms with Crippen molar-refractivity contribution >= 4 is 11.9 Å². The summed E-state index contributed by atoms with van der Waals surface area (Å²) in [5, 5.41) is 9.53. The summed E-state index contributed by atoms with van der Waals surface area (Å²) >= 11 is 0. The first-order chi connectivity index (χ1) is 12.9. The van der Waals surface area contributed by atoms with Crippen LogP contribution in [0.15, 0.2) is 18.2 Å². The molecule has 0 amide bonds. The van der Waals surface area contributed by atoms with Crippen LogP contribution < -0.4 is 4.74 Å². The molecule has 1 fully saturated rings. The first-order valence-corrected chi connectivity index (χ1v) is 9.94. The summed E-state index contributed by atoms with van der Waals surface area (Å²) in [7, 11) is 1.68. The molecular formula is C22H30O5. The molecule has 148 valence electrons. The number of aryl methyl sites for hydroxylation is 1. The lowest BCUT2D eigenvalue weighted by molar-refractivity contribution is -0.160. The first kappa shape index (κ1) is 19.7. The number of carbonyl (C=O) groups excluding carboxylic acids is 1. The average Bonchev–Trinajstić information content (AvgIpc) is 2.95. The van der Waals surface area contributed by atoms with Crippen molar-refractivity contribution in [2.45, 2.75) is 64.9 Å². The second kappa shape index (κ2) is 7.91. The molecule has 0 heterocycles. The molecule has 0 saturated heterocycles. The molecule has 0 aromatic heterocycles. The summed E-state index contributed by atoms with van der Waals surface area (Å²) in [5.74, 6) is 0.496. The van der Waals surface area contributed by atoms with E-state index in [9.17, 15) is 14.7 Å². The zero-order chi connectivity index (χ0) is 19.6. The quantitative estimate of drug-likeness (QED) is 0.762. The van der Waals surface area contributed by atoms with Crippen molar-refractivity contribution in [3.05, 3.63) is 29.3 Å². The molecule has 1 aromatic carbocycles. The number of benzene rings is 1. The third-order valence-electron chi connectivity index (χ3n) is 6.67. The smallest absolute Gasteiger partial charge is 0.305 e. The van der Waals surface area contributed by atoms with Gasteiger partial charge in [-0.2, -0.15) is 0 Å². The molecule has 1 saturated carbocycles. The van der Waals surface area contributed by atoms with Crippen LogP contribution in [0.2, 0.25) is 0 Å². The van der Waals surface area contributed by atoms with Gasteiger partial charge in [-0.15, -0.1) is 0 Å². The van der Waals surface area contributed by atoms with E-state index in [0.717, 1.165) is 37.9 Å². The lowest BCUT2D eigenvalue weighted by atomic mass is 9.65. The van der Waals surface area contributed by atoms with Crippen LogP contribution in [0.25, 0.3) is 0 Å². The molecule has 0 bridgehead atoms. The minimum Gasteiger partial charge on any atom is -0.497 e. The Hall–Kier alpha value is -2.04. The number of hydrogen-bond acceptors (Lipinski definition) is 4. The fourth-order valence-electron chi connectivity index (χ4n) is 5.24. The maximum Gasteiger partial charge on any atom is 0.305 e. The highest BCUT2D eigenvalue weighted by Gasteiger charge is 2.52. The maximum absolute atomic E-state index is 11.9. The summed E-state index contributed by atoms with van der Waals surface area (Å²) in [4.78, 5) is 23.5. The number of fused-ring (bicyclic) bond motifs is 1. The van der Waals surface area contributed by atoms with Crippen molar-refractivity contribution in [2.24, 2.45) is 17.3 Å². The average molecular weight is 374 g/mol. The number of ether oxygens (including phenoxy) is 2. The number of methoxy groups -OCH3 is 1. The van der Waals surface area contributed by atoms with Crippen LogP contribution in [0.5, 0.6) is 5.75 Å². The molecule has 1 N–H and O–H groups in total. The Labute approximate surface area is 161 Å². The van der Waals surface area contributed by atoms with E-state index in [0.29, 0.717) is 12.3 Å². The van der Waals surface area contributed by atoms with Crippen LogP contribution >= 0.6 is 0 Å². The summed E-state index contributed by atoms with van der Waals surface area (Å²) in [6.07, 6.45) is 4.71. The standard InChI is InChI=1S/C22H30O5/c1-4-21(25)27-19-10-9-18(22(19,2)13-20(23)24)16-6-5-15-12-17(26-3)8-7-14(15)11-16/h7-8,12,16,18-19H,4-6,9-11,13H2,1-3H3,(H,23,24)/t16?,18-,19-,22-/m0/s1. The highest BCUT2D eigenvalue weighted by Crippen LogP contribution is 2.53. The van der Waals surface area contributed by atoms with Crippen LogP contribution in [0, 0.1) is 17.3 Å². The fraction of sp³-hybridized carbons (Fsp3) is 0.636. The van der Waals surface area contributed by atoms with Gasteiger partial charge in [0.15, 0.2) is 0 Å². The Balaban J connectivity index is 1.81.